The number of carbonyl (C=O) groups is 1. The van der Waals surface area contributed by atoms with Gasteiger partial charge in [0.25, 0.3) is 5.91 Å². The van der Waals surface area contributed by atoms with E-state index in [1.54, 1.807) is 24.3 Å². The molecule has 0 radical (unpaired) electrons. The average molecular weight is 325 g/mol. The molecule has 22 heavy (non-hydrogen) atoms. The van der Waals surface area contributed by atoms with Gasteiger partial charge in [-0.3, -0.25) is 9.69 Å². The van der Waals surface area contributed by atoms with Crippen molar-refractivity contribution in [2.24, 2.45) is 0 Å². The van der Waals surface area contributed by atoms with Crippen LogP contribution in [-0.4, -0.2) is 54.3 Å². The first-order valence-electron chi connectivity index (χ1n) is 7.71. The number of nitrogens with one attached hydrogen (secondary N) is 1. The van der Waals surface area contributed by atoms with E-state index < -0.39 is 12.0 Å². The van der Waals surface area contributed by atoms with E-state index in [-0.39, 0.29) is 6.10 Å². The third kappa shape index (κ3) is 3.43. The summed E-state index contributed by atoms with van der Waals surface area (Å²) in [5.74, 6) is -0.444. The van der Waals surface area contributed by atoms with Crippen LogP contribution in [0, 0.1) is 0 Å². The fourth-order valence-corrected chi connectivity index (χ4v) is 3.40. The van der Waals surface area contributed by atoms with Crippen LogP contribution in [-0.2, 0) is 9.53 Å². The smallest absolute Gasteiger partial charge is 0.253 e. The number of nitrogens with zero attached hydrogens (tertiary/aromatic N) is 1. The number of rotatable bonds is 4. The van der Waals surface area contributed by atoms with Gasteiger partial charge in [0.05, 0.1) is 12.7 Å². The number of morpholine rings is 1. The monoisotopic (exact) mass is 324 g/mol. The number of hydrogen-bond donors (Lipinski definition) is 2. The molecule has 1 aromatic rings. The summed E-state index contributed by atoms with van der Waals surface area (Å²) in [7, 11) is 0. The van der Waals surface area contributed by atoms with Crippen molar-refractivity contribution in [3.63, 3.8) is 0 Å². The molecule has 120 valence electrons. The number of aliphatic hydroxyl groups is 1. The van der Waals surface area contributed by atoms with Gasteiger partial charge in [-0.15, -0.1) is 0 Å². The van der Waals surface area contributed by atoms with E-state index in [0.29, 0.717) is 23.2 Å². The van der Waals surface area contributed by atoms with Crippen LogP contribution in [0.4, 0.5) is 0 Å². The lowest BCUT2D eigenvalue weighted by Gasteiger charge is -2.35. The summed E-state index contributed by atoms with van der Waals surface area (Å²) in [6.07, 6.45) is 1.15. The number of fused-ring (bicyclic) bond motifs is 1. The molecule has 2 aliphatic rings. The second-order valence-corrected chi connectivity index (χ2v) is 6.32. The van der Waals surface area contributed by atoms with E-state index >= 15 is 0 Å². The first-order valence-corrected chi connectivity index (χ1v) is 8.09. The van der Waals surface area contributed by atoms with E-state index in [0.717, 1.165) is 19.7 Å². The van der Waals surface area contributed by atoms with Crippen LogP contribution in [0.3, 0.4) is 0 Å². The Morgan fingerprint density at radius 1 is 1.50 bits per heavy atom. The Morgan fingerprint density at radius 2 is 2.32 bits per heavy atom. The molecule has 2 aliphatic heterocycles. The Morgan fingerprint density at radius 3 is 3.14 bits per heavy atom. The average Bonchev–Trinajstić information content (AvgIpc) is 3.00. The Hall–Kier alpha value is -1.14. The minimum absolute atomic E-state index is 0.0169. The number of hydrogen-bond acceptors (Lipinski definition) is 4. The van der Waals surface area contributed by atoms with Crippen molar-refractivity contribution >= 4 is 17.5 Å². The number of carbonyl (C=O) groups excluding carboxylic acids is 1. The second-order valence-electron chi connectivity index (χ2n) is 5.92. The maximum atomic E-state index is 12.1. The van der Waals surface area contributed by atoms with Crippen LogP contribution >= 0.6 is 11.6 Å². The van der Waals surface area contributed by atoms with Gasteiger partial charge in [-0.2, -0.15) is 0 Å². The molecule has 0 saturated carbocycles. The zero-order valence-electron chi connectivity index (χ0n) is 12.4. The molecule has 3 atom stereocenters. The minimum Gasteiger partial charge on any atom is -0.378 e. The second kappa shape index (κ2) is 6.96. The molecule has 1 aromatic carbocycles. The maximum Gasteiger partial charge on any atom is 0.253 e. The molecular weight excluding hydrogens is 304 g/mol. The highest BCUT2D eigenvalue weighted by Crippen LogP contribution is 2.24. The molecule has 3 rings (SSSR count). The van der Waals surface area contributed by atoms with Gasteiger partial charge >= 0.3 is 0 Å². The van der Waals surface area contributed by atoms with Gasteiger partial charge < -0.3 is 15.2 Å². The molecule has 2 N–H and O–H groups in total. The molecule has 2 heterocycles. The van der Waals surface area contributed by atoms with E-state index in [1.807, 2.05) is 0 Å². The van der Waals surface area contributed by atoms with Crippen molar-refractivity contribution in [1.82, 2.24) is 10.2 Å². The molecule has 0 spiro atoms. The quantitative estimate of drug-likeness (QED) is 0.878. The van der Waals surface area contributed by atoms with Gasteiger partial charge in [0.2, 0.25) is 0 Å². The van der Waals surface area contributed by atoms with E-state index in [4.69, 9.17) is 16.3 Å². The fraction of sp³-hybridized carbons (Fsp3) is 0.562. The summed E-state index contributed by atoms with van der Waals surface area (Å²) in [5.41, 5.74) is 0.422. The fourth-order valence-electron chi connectivity index (χ4n) is 3.16. The Labute approximate surface area is 135 Å². The number of benzene rings is 1. The molecule has 5 nitrogen and oxygen atoms in total. The molecule has 0 bridgehead atoms. The summed E-state index contributed by atoms with van der Waals surface area (Å²) < 4.78 is 5.79. The lowest BCUT2D eigenvalue weighted by atomic mass is 10.1. The van der Waals surface area contributed by atoms with E-state index in [1.165, 1.54) is 12.8 Å². The van der Waals surface area contributed by atoms with Crippen LogP contribution < -0.4 is 5.32 Å². The predicted molar refractivity (Wildman–Crippen MR) is 83.8 cm³/mol. The molecule has 6 heteroatoms. The minimum atomic E-state index is -1.25. The summed E-state index contributed by atoms with van der Waals surface area (Å²) in [6.45, 7) is 3.09. The highest BCUT2D eigenvalue weighted by atomic mass is 35.5. The summed E-state index contributed by atoms with van der Waals surface area (Å²) in [6, 6.07) is 7.36. The maximum absolute atomic E-state index is 12.1. The molecule has 2 saturated heterocycles. The van der Waals surface area contributed by atoms with Gasteiger partial charge in [0.15, 0.2) is 6.10 Å². The van der Waals surface area contributed by atoms with Crippen molar-refractivity contribution in [1.29, 1.82) is 0 Å². The Balaban J connectivity index is 1.51. The number of aliphatic hydroxyl groups excluding tert-OH is 1. The highest BCUT2D eigenvalue weighted by molar-refractivity contribution is 6.31. The Kier molecular flexibility index (Phi) is 4.98. The first kappa shape index (κ1) is 15.7. The van der Waals surface area contributed by atoms with Crippen LogP contribution in [0.15, 0.2) is 24.3 Å². The normalized spacial score (nSPS) is 26.5. The van der Waals surface area contributed by atoms with Crippen molar-refractivity contribution < 1.29 is 14.6 Å². The molecule has 0 aliphatic carbocycles. The molecular formula is C16H21ClN2O3. The number of halogens is 1. The van der Waals surface area contributed by atoms with Crippen molar-refractivity contribution in [3.05, 3.63) is 34.9 Å². The standard InChI is InChI=1S/C16H21ClN2O3/c17-14-6-2-1-5-13(14)15(20)16(21)18-8-12-9-19-7-3-4-11(19)10-22-12/h1-2,5-6,11-12,15,20H,3-4,7-10H2,(H,18,21)/t11-,12+,15-/m1/s1. The first-order chi connectivity index (χ1) is 10.6. The lowest BCUT2D eigenvalue weighted by molar-refractivity contribution is -0.131. The van der Waals surface area contributed by atoms with Gasteiger partial charge in [0, 0.05) is 29.7 Å². The molecule has 0 aromatic heterocycles. The van der Waals surface area contributed by atoms with Crippen molar-refractivity contribution in [2.75, 3.05) is 26.2 Å². The van der Waals surface area contributed by atoms with Gasteiger partial charge in [0.1, 0.15) is 0 Å². The van der Waals surface area contributed by atoms with E-state index in [2.05, 4.69) is 10.2 Å². The van der Waals surface area contributed by atoms with Crippen LogP contribution in [0.25, 0.3) is 0 Å². The van der Waals surface area contributed by atoms with Crippen LogP contribution in [0.5, 0.6) is 0 Å². The molecule has 1 amide bonds. The zero-order chi connectivity index (χ0) is 15.5. The van der Waals surface area contributed by atoms with Crippen LogP contribution in [0.2, 0.25) is 5.02 Å². The van der Waals surface area contributed by atoms with Gasteiger partial charge in [-0.25, -0.2) is 0 Å². The lowest BCUT2D eigenvalue weighted by Crippen LogP contribution is -2.50. The third-order valence-corrected chi connectivity index (χ3v) is 4.76. The van der Waals surface area contributed by atoms with Gasteiger partial charge in [-0.1, -0.05) is 29.8 Å². The van der Waals surface area contributed by atoms with Crippen molar-refractivity contribution in [3.8, 4) is 0 Å². The van der Waals surface area contributed by atoms with Crippen LogP contribution in [0.1, 0.15) is 24.5 Å². The number of amides is 1. The topological polar surface area (TPSA) is 61.8 Å². The van der Waals surface area contributed by atoms with Gasteiger partial charge in [-0.05, 0) is 25.5 Å². The Bertz CT molecular complexity index is 540. The SMILES string of the molecule is O=C(NC[C@H]1CN2CCC[C@@H]2CO1)[C@H](O)c1ccccc1Cl. The third-order valence-electron chi connectivity index (χ3n) is 4.41. The largest absolute Gasteiger partial charge is 0.378 e. The van der Waals surface area contributed by atoms with E-state index in [9.17, 15) is 9.90 Å². The molecule has 0 unspecified atom stereocenters. The summed E-state index contributed by atoms with van der Waals surface area (Å²) in [4.78, 5) is 14.5. The summed E-state index contributed by atoms with van der Waals surface area (Å²) >= 11 is 6.00. The van der Waals surface area contributed by atoms with Crippen molar-refractivity contribution in [2.45, 2.75) is 31.1 Å². The number of ether oxygens (including phenoxy) is 1. The zero-order valence-corrected chi connectivity index (χ0v) is 13.1. The summed E-state index contributed by atoms with van der Waals surface area (Å²) in [5, 5.41) is 13.2. The highest BCUT2D eigenvalue weighted by Gasteiger charge is 2.32. The predicted octanol–water partition coefficient (Wildman–Crippen LogP) is 1.35. The molecule has 2 fully saturated rings.